The number of rotatable bonds is 8. The minimum Gasteiger partial charge on any atom is -0.846 e. The van der Waals surface area contributed by atoms with E-state index in [2.05, 4.69) is 15.6 Å². The molecule has 33 heavy (non-hydrogen) atoms. The summed E-state index contributed by atoms with van der Waals surface area (Å²) in [6, 6.07) is 7.49. The van der Waals surface area contributed by atoms with Crippen molar-refractivity contribution in [2.75, 3.05) is 5.32 Å². The Morgan fingerprint density at radius 2 is 1.70 bits per heavy atom. The van der Waals surface area contributed by atoms with E-state index in [0.717, 1.165) is 23.8 Å². The van der Waals surface area contributed by atoms with Crippen molar-refractivity contribution >= 4 is 34.7 Å². The van der Waals surface area contributed by atoms with Crippen molar-refractivity contribution in [3.05, 3.63) is 84.6 Å². The van der Waals surface area contributed by atoms with Gasteiger partial charge in [-0.05, 0) is 16.3 Å². The standard InChI is InChI=1S/C18H15N7O8/c1-11(8-12-2-4-13(5-3-12)23(27)28)22-10-17(33-21-22)20-18(26)19-15-7-6-14(24(29)30)9-16(15)25(31)32/h2-7,9-11H,8H2,1H3,(H-,19,20,21,26). The molecule has 170 valence electrons. The molecule has 3 rings (SSSR count). The fourth-order valence-electron chi connectivity index (χ4n) is 2.83. The predicted molar refractivity (Wildman–Crippen MR) is 109 cm³/mol. The van der Waals surface area contributed by atoms with Crippen molar-refractivity contribution in [2.45, 2.75) is 19.4 Å². The Hall–Kier alpha value is -4.95. The zero-order valence-electron chi connectivity index (χ0n) is 16.9. The summed E-state index contributed by atoms with van der Waals surface area (Å²) in [6.45, 7) is 1.80. The molecule has 1 heterocycles. The van der Waals surface area contributed by atoms with Crippen molar-refractivity contribution < 1.29 is 29.1 Å². The third kappa shape index (κ3) is 5.60. The van der Waals surface area contributed by atoms with E-state index in [1.807, 2.05) is 0 Å². The number of non-ortho nitro benzene ring substituents is 2. The monoisotopic (exact) mass is 457 g/mol. The maximum Gasteiger partial charge on any atom is 0.322 e. The van der Waals surface area contributed by atoms with Crippen molar-refractivity contribution in [1.82, 2.24) is 5.27 Å². The SMILES string of the molecule is CC(Cc1ccc([N+](=O)[O-])cc1)[n+]1cc(N=C([O-])Nc2ccc([N+](=O)[O-])cc2[N+](=O)[O-])on1. The first-order valence-corrected chi connectivity index (χ1v) is 9.21. The van der Waals surface area contributed by atoms with E-state index < -0.39 is 32.2 Å². The molecule has 1 aromatic heterocycles. The van der Waals surface area contributed by atoms with Crippen LogP contribution < -0.4 is 15.1 Å². The molecule has 0 aliphatic heterocycles. The van der Waals surface area contributed by atoms with Gasteiger partial charge in [-0.3, -0.25) is 34.9 Å². The normalized spacial score (nSPS) is 12.2. The lowest BCUT2D eigenvalue weighted by atomic mass is 10.1. The number of nitro groups is 3. The Balaban J connectivity index is 1.71. The smallest absolute Gasteiger partial charge is 0.322 e. The fraction of sp³-hybridized carbons (Fsp3) is 0.167. The molecular formula is C18H15N7O8. The van der Waals surface area contributed by atoms with E-state index in [0.29, 0.717) is 6.42 Å². The highest BCUT2D eigenvalue weighted by Gasteiger charge is 2.21. The second kappa shape index (κ2) is 9.46. The average Bonchev–Trinajstić information content (AvgIpc) is 3.22. The van der Waals surface area contributed by atoms with Gasteiger partial charge in [0.05, 0.1) is 26.9 Å². The molecule has 0 spiro atoms. The Morgan fingerprint density at radius 1 is 1.06 bits per heavy atom. The summed E-state index contributed by atoms with van der Waals surface area (Å²) in [5.41, 5.74) is -0.670. The molecule has 0 amide bonds. The number of aromatic nitrogens is 2. The summed E-state index contributed by atoms with van der Waals surface area (Å²) in [5.74, 6) is -0.187. The number of amidine groups is 1. The summed E-state index contributed by atoms with van der Waals surface area (Å²) in [7, 11) is 0. The van der Waals surface area contributed by atoms with Gasteiger partial charge in [-0.15, -0.1) is 0 Å². The second-order valence-electron chi connectivity index (χ2n) is 6.75. The molecule has 1 N–H and O–H groups in total. The first-order valence-electron chi connectivity index (χ1n) is 9.21. The van der Waals surface area contributed by atoms with E-state index in [1.54, 1.807) is 19.1 Å². The summed E-state index contributed by atoms with van der Waals surface area (Å²) in [4.78, 5) is 34.1. The summed E-state index contributed by atoms with van der Waals surface area (Å²) < 4.78 is 6.37. The van der Waals surface area contributed by atoms with Gasteiger partial charge >= 0.3 is 5.88 Å². The number of anilines is 1. The van der Waals surface area contributed by atoms with E-state index in [1.165, 1.54) is 23.0 Å². The number of nitrogens with one attached hydrogen (secondary N) is 1. The number of nitro benzene ring substituents is 3. The van der Waals surface area contributed by atoms with Gasteiger partial charge < -0.3 is 10.4 Å². The van der Waals surface area contributed by atoms with Crippen LogP contribution in [0.2, 0.25) is 0 Å². The minimum absolute atomic E-state index is 0.0270. The molecule has 2 aromatic carbocycles. The highest BCUT2D eigenvalue weighted by molar-refractivity contribution is 5.90. The van der Waals surface area contributed by atoms with Gasteiger partial charge in [-0.2, -0.15) is 0 Å². The zero-order chi connectivity index (χ0) is 24.1. The van der Waals surface area contributed by atoms with Crippen molar-refractivity contribution in [3.8, 4) is 0 Å². The molecule has 1 atom stereocenters. The van der Waals surface area contributed by atoms with Crippen LogP contribution in [0.15, 0.2) is 58.2 Å². The Bertz CT molecular complexity index is 1240. The van der Waals surface area contributed by atoms with Crippen LogP contribution in [0.25, 0.3) is 0 Å². The quantitative estimate of drug-likeness (QED) is 0.171. The van der Waals surface area contributed by atoms with E-state index in [4.69, 9.17) is 4.52 Å². The molecule has 0 bridgehead atoms. The minimum atomic E-state index is -1.02. The molecular weight excluding hydrogens is 442 g/mol. The maximum atomic E-state index is 12.1. The average molecular weight is 457 g/mol. The Kier molecular flexibility index (Phi) is 6.52. The third-order valence-corrected chi connectivity index (χ3v) is 4.44. The molecule has 1 unspecified atom stereocenters. The van der Waals surface area contributed by atoms with Gasteiger partial charge in [0, 0.05) is 31.5 Å². The van der Waals surface area contributed by atoms with E-state index >= 15 is 0 Å². The second-order valence-corrected chi connectivity index (χ2v) is 6.75. The van der Waals surface area contributed by atoms with Gasteiger partial charge in [0.1, 0.15) is 5.69 Å². The van der Waals surface area contributed by atoms with Crippen LogP contribution in [0.4, 0.5) is 28.6 Å². The van der Waals surface area contributed by atoms with E-state index in [-0.39, 0.29) is 23.3 Å². The number of hydrogen-bond acceptors (Lipinski definition) is 10. The van der Waals surface area contributed by atoms with Crippen LogP contribution in [0.5, 0.6) is 0 Å². The first kappa shape index (κ1) is 22.7. The van der Waals surface area contributed by atoms with Crippen LogP contribution in [0.1, 0.15) is 18.5 Å². The Labute approximate surface area is 184 Å². The number of nitrogens with zero attached hydrogens (tertiary/aromatic N) is 6. The molecule has 0 aliphatic carbocycles. The van der Waals surface area contributed by atoms with Crippen molar-refractivity contribution in [3.63, 3.8) is 0 Å². The number of aliphatic imine (C=N–C) groups is 1. The molecule has 15 heteroatoms. The van der Waals surface area contributed by atoms with Crippen molar-refractivity contribution in [1.29, 1.82) is 0 Å². The molecule has 3 aromatic rings. The molecule has 0 radical (unpaired) electrons. The first-order chi connectivity index (χ1) is 15.6. The molecule has 0 saturated carbocycles. The van der Waals surface area contributed by atoms with Crippen molar-refractivity contribution in [2.24, 2.45) is 4.99 Å². The van der Waals surface area contributed by atoms with Crippen LogP contribution >= 0.6 is 0 Å². The summed E-state index contributed by atoms with van der Waals surface area (Å²) >= 11 is 0. The number of hydrogen-bond donors (Lipinski definition) is 1. The van der Waals surface area contributed by atoms with Gasteiger partial charge in [0.25, 0.3) is 23.3 Å². The molecule has 0 fully saturated rings. The van der Waals surface area contributed by atoms with Gasteiger partial charge in [0.15, 0.2) is 6.04 Å². The number of benzene rings is 2. The van der Waals surface area contributed by atoms with Crippen LogP contribution in [0, 0.1) is 30.3 Å². The fourth-order valence-corrected chi connectivity index (χ4v) is 2.83. The lowest BCUT2D eigenvalue weighted by molar-refractivity contribution is -0.782. The van der Waals surface area contributed by atoms with Gasteiger partial charge in [0.2, 0.25) is 5.27 Å². The van der Waals surface area contributed by atoms with E-state index in [9.17, 15) is 35.4 Å². The maximum absolute atomic E-state index is 12.1. The largest absolute Gasteiger partial charge is 0.846 e. The molecule has 0 aliphatic rings. The predicted octanol–water partition coefficient (Wildman–Crippen LogP) is 1.95. The van der Waals surface area contributed by atoms with Crippen LogP contribution in [-0.4, -0.2) is 26.1 Å². The Morgan fingerprint density at radius 3 is 2.30 bits per heavy atom. The highest BCUT2D eigenvalue weighted by Crippen LogP contribution is 2.29. The highest BCUT2D eigenvalue weighted by atomic mass is 16.6. The topological polar surface area (TPSA) is 207 Å². The summed E-state index contributed by atoms with van der Waals surface area (Å²) in [6.07, 6.45) is 1.79. The van der Waals surface area contributed by atoms with Crippen LogP contribution in [0.3, 0.4) is 0 Å². The molecule has 0 saturated heterocycles. The van der Waals surface area contributed by atoms with Gasteiger partial charge in [-0.1, -0.05) is 12.1 Å². The van der Waals surface area contributed by atoms with Crippen LogP contribution in [-0.2, 0) is 6.42 Å². The van der Waals surface area contributed by atoms with Gasteiger partial charge in [-0.25, -0.2) is 4.99 Å². The third-order valence-electron chi connectivity index (χ3n) is 4.44. The summed E-state index contributed by atoms with van der Waals surface area (Å²) in [5, 5.41) is 50.8. The zero-order valence-corrected chi connectivity index (χ0v) is 16.9. The lowest BCUT2D eigenvalue weighted by Crippen LogP contribution is -2.39. The lowest BCUT2D eigenvalue weighted by Gasteiger charge is -2.12. The molecule has 15 nitrogen and oxygen atoms in total.